The highest BCUT2D eigenvalue weighted by Crippen LogP contribution is 2.44. The van der Waals surface area contributed by atoms with Crippen molar-refractivity contribution in [2.45, 2.75) is 44.2 Å². The van der Waals surface area contributed by atoms with Crippen LogP contribution in [-0.4, -0.2) is 55.2 Å². The number of fused-ring (bicyclic) bond motifs is 3. The Bertz CT molecular complexity index is 1310. The van der Waals surface area contributed by atoms with Gasteiger partial charge in [0.2, 0.25) is 5.88 Å². The third-order valence-electron chi connectivity index (χ3n) is 5.69. The molecule has 4 aromatic heterocycles. The summed E-state index contributed by atoms with van der Waals surface area (Å²) in [5.74, 6) is -0.264. The molecule has 0 N–H and O–H groups in total. The number of ether oxygens (including phenoxy) is 4. The Labute approximate surface area is 188 Å². The largest absolute Gasteiger partial charge is 0.475 e. The molecule has 2 aliphatic rings. The molecule has 4 aromatic rings. The van der Waals surface area contributed by atoms with Gasteiger partial charge in [-0.3, -0.25) is 0 Å². The summed E-state index contributed by atoms with van der Waals surface area (Å²) < 4.78 is 26.6. The van der Waals surface area contributed by atoms with Gasteiger partial charge in [0, 0.05) is 23.8 Å². The molecular weight excluding hydrogens is 434 g/mol. The average Bonchev–Trinajstić information content (AvgIpc) is 3.44. The van der Waals surface area contributed by atoms with Crippen LogP contribution >= 0.6 is 11.6 Å². The van der Waals surface area contributed by atoms with E-state index >= 15 is 0 Å². The lowest BCUT2D eigenvalue weighted by Crippen LogP contribution is -2.34. The molecule has 0 aliphatic carbocycles. The summed E-state index contributed by atoms with van der Waals surface area (Å²) in [5, 5.41) is 2.09. The van der Waals surface area contributed by atoms with Gasteiger partial charge in [-0.1, -0.05) is 11.6 Å². The van der Waals surface area contributed by atoms with Crippen molar-refractivity contribution in [3.05, 3.63) is 54.2 Å². The van der Waals surface area contributed by atoms with E-state index in [1.165, 1.54) is 6.33 Å². The molecule has 0 unspecified atom stereocenters. The van der Waals surface area contributed by atoms with Gasteiger partial charge >= 0.3 is 0 Å². The smallest absolute Gasteiger partial charge is 0.215 e. The van der Waals surface area contributed by atoms with E-state index < -0.39 is 12.0 Å². The molecule has 2 fully saturated rings. The first-order valence-corrected chi connectivity index (χ1v) is 10.7. The molecule has 0 bridgehead atoms. The van der Waals surface area contributed by atoms with Crippen molar-refractivity contribution in [2.75, 3.05) is 6.61 Å². The normalized spacial score (nSPS) is 26.6. The molecule has 32 heavy (non-hydrogen) atoms. The zero-order chi connectivity index (χ0) is 21.9. The van der Waals surface area contributed by atoms with Gasteiger partial charge in [-0.25, -0.2) is 15.0 Å². The van der Waals surface area contributed by atoms with Crippen LogP contribution in [0.1, 0.15) is 20.1 Å². The van der Waals surface area contributed by atoms with Crippen molar-refractivity contribution in [2.24, 2.45) is 0 Å². The third-order valence-corrected chi connectivity index (χ3v) is 6.00. The minimum atomic E-state index is -0.740. The minimum absolute atomic E-state index is 0.247. The number of hydrogen-bond donors (Lipinski definition) is 0. The Balaban J connectivity index is 1.28. The summed E-state index contributed by atoms with van der Waals surface area (Å²) in [7, 11) is 0. The SMILES string of the molecule is CC1(C)O[C@@H]2[C@H](O1)[C@@H](COc1ccc3cccnc3n1)O[C@H]2n1ccc2c(Cl)ncnc21. The summed E-state index contributed by atoms with van der Waals surface area (Å²) >= 11 is 6.23. The van der Waals surface area contributed by atoms with E-state index in [2.05, 4.69) is 19.9 Å². The van der Waals surface area contributed by atoms with E-state index in [0.29, 0.717) is 22.3 Å². The standard InChI is InChI=1S/C22H20ClN5O4/c1-22(2)31-16-14(10-29-15-6-5-12-4-3-8-24-19(12)27-15)30-21(17(16)32-22)28-9-7-13-18(23)25-11-26-20(13)28/h3-9,11,14,16-17,21H,10H2,1-2H3/t14-,16-,17-,21-/m1/s1. The van der Waals surface area contributed by atoms with Crippen molar-refractivity contribution in [3.8, 4) is 5.88 Å². The zero-order valence-corrected chi connectivity index (χ0v) is 18.1. The van der Waals surface area contributed by atoms with Crippen LogP contribution in [0.3, 0.4) is 0 Å². The van der Waals surface area contributed by atoms with E-state index in [-0.39, 0.29) is 24.9 Å². The monoisotopic (exact) mass is 453 g/mol. The fourth-order valence-corrected chi connectivity index (χ4v) is 4.54. The molecule has 164 valence electrons. The van der Waals surface area contributed by atoms with Crippen LogP contribution in [-0.2, 0) is 14.2 Å². The van der Waals surface area contributed by atoms with E-state index in [1.54, 1.807) is 6.20 Å². The molecule has 6 heterocycles. The van der Waals surface area contributed by atoms with Crippen LogP contribution in [0, 0.1) is 0 Å². The molecule has 2 aliphatic heterocycles. The molecule has 9 nitrogen and oxygen atoms in total. The molecule has 0 amide bonds. The maximum atomic E-state index is 6.36. The second kappa shape index (κ2) is 7.35. The zero-order valence-electron chi connectivity index (χ0n) is 17.4. The fourth-order valence-electron chi connectivity index (χ4n) is 4.35. The predicted octanol–water partition coefficient (Wildman–Crippen LogP) is 3.52. The highest BCUT2D eigenvalue weighted by Gasteiger charge is 2.56. The maximum Gasteiger partial charge on any atom is 0.215 e. The van der Waals surface area contributed by atoms with Crippen LogP contribution < -0.4 is 4.74 Å². The molecule has 0 spiro atoms. The van der Waals surface area contributed by atoms with Gasteiger partial charge in [0.15, 0.2) is 17.7 Å². The second-order valence-electron chi connectivity index (χ2n) is 8.27. The van der Waals surface area contributed by atoms with Crippen LogP contribution in [0.25, 0.3) is 22.1 Å². The molecule has 0 aromatic carbocycles. The third kappa shape index (κ3) is 3.29. The summed E-state index contributed by atoms with van der Waals surface area (Å²) in [6.07, 6.45) is 3.54. The first-order valence-electron chi connectivity index (χ1n) is 10.3. The molecule has 10 heteroatoms. The second-order valence-corrected chi connectivity index (χ2v) is 8.62. The lowest BCUT2D eigenvalue weighted by Gasteiger charge is -2.25. The number of halogens is 1. The van der Waals surface area contributed by atoms with Crippen LogP contribution in [0.15, 0.2) is 49.1 Å². The Morgan fingerprint density at radius 1 is 1.09 bits per heavy atom. The van der Waals surface area contributed by atoms with E-state index in [0.717, 1.165) is 10.8 Å². The Morgan fingerprint density at radius 2 is 1.97 bits per heavy atom. The number of rotatable bonds is 4. The van der Waals surface area contributed by atoms with Crippen molar-refractivity contribution < 1.29 is 18.9 Å². The fraction of sp³-hybridized carbons (Fsp3) is 0.364. The summed E-state index contributed by atoms with van der Waals surface area (Å²) in [6, 6.07) is 9.45. The predicted molar refractivity (Wildman–Crippen MR) is 115 cm³/mol. The van der Waals surface area contributed by atoms with Gasteiger partial charge in [-0.05, 0) is 38.1 Å². The van der Waals surface area contributed by atoms with E-state index in [1.807, 2.05) is 54.9 Å². The Kier molecular flexibility index (Phi) is 4.55. The number of aromatic nitrogens is 5. The minimum Gasteiger partial charge on any atom is -0.475 e. The summed E-state index contributed by atoms with van der Waals surface area (Å²) in [6.45, 7) is 4.03. The molecule has 6 rings (SSSR count). The summed E-state index contributed by atoms with van der Waals surface area (Å²) in [5.41, 5.74) is 1.30. The van der Waals surface area contributed by atoms with Gasteiger partial charge in [-0.2, -0.15) is 4.98 Å². The first kappa shape index (κ1) is 19.8. The van der Waals surface area contributed by atoms with Gasteiger partial charge < -0.3 is 23.5 Å². The lowest BCUT2D eigenvalue weighted by atomic mass is 10.1. The molecule has 0 saturated carbocycles. The molecule has 0 radical (unpaired) electrons. The van der Waals surface area contributed by atoms with Gasteiger partial charge in [0.25, 0.3) is 0 Å². The van der Waals surface area contributed by atoms with Crippen molar-refractivity contribution in [3.63, 3.8) is 0 Å². The number of pyridine rings is 2. The van der Waals surface area contributed by atoms with Crippen molar-refractivity contribution in [1.29, 1.82) is 0 Å². The maximum absolute atomic E-state index is 6.36. The van der Waals surface area contributed by atoms with Crippen molar-refractivity contribution in [1.82, 2.24) is 24.5 Å². The quantitative estimate of drug-likeness (QED) is 0.433. The molecular formula is C22H20ClN5O4. The Morgan fingerprint density at radius 3 is 2.88 bits per heavy atom. The molecule has 2 saturated heterocycles. The topological polar surface area (TPSA) is 93.4 Å². The Hall–Kier alpha value is -2.85. The molecule has 4 atom stereocenters. The highest BCUT2D eigenvalue weighted by atomic mass is 35.5. The highest BCUT2D eigenvalue weighted by molar-refractivity contribution is 6.33. The lowest BCUT2D eigenvalue weighted by molar-refractivity contribution is -0.198. The van der Waals surface area contributed by atoms with Crippen LogP contribution in [0.5, 0.6) is 5.88 Å². The van der Waals surface area contributed by atoms with Crippen LogP contribution in [0.2, 0.25) is 5.15 Å². The summed E-state index contributed by atoms with van der Waals surface area (Å²) in [4.78, 5) is 17.2. The number of nitrogens with zero attached hydrogens (tertiary/aromatic N) is 5. The first-order chi connectivity index (χ1) is 15.5. The van der Waals surface area contributed by atoms with Crippen LogP contribution in [0.4, 0.5) is 0 Å². The van der Waals surface area contributed by atoms with E-state index in [9.17, 15) is 0 Å². The van der Waals surface area contributed by atoms with Gasteiger partial charge in [0.1, 0.15) is 42.0 Å². The van der Waals surface area contributed by atoms with Gasteiger partial charge in [-0.15, -0.1) is 0 Å². The van der Waals surface area contributed by atoms with E-state index in [4.69, 9.17) is 30.5 Å². The van der Waals surface area contributed by atoms with Gasteiger partial charge in [0.05, 0.1) is 5.39 Å². The van der Waals surface area contributed by atoms with Crippen molar-refractivity contribution >= 4 is 33.7 Å². The average molecular weight is 454 g/mol. The number of hydrogen-bond acceptors (Lipinski definition) is 8.